The maximum atomic E-state index is 16.8. The molecule has 172 valence electrons. The molecule has 4 aliphatic carbocycles. The van der Waals surface area contributed by atoms with Gasteiger partial charge >= 0.3 is 7.82 Å². The number of halogens is 2. The third kappa shape index (κ3) is 3.23. The zero-order valence-corrected chi connectivity index (χ0v) is 18.2. The first-order chi connectivity index (χ1) is 14.2. The van der Waals surface area contributed by atoms with Crippen LogP contribution in [0, 0.1) is 28.6 Å². The quantitative estimate of drug-likeness (QED) is 0.552. The Bertz CT molecular complexity index is 929. The molecule has 0 bridgehead atoms. The van der Waals surface area contributed by atoms with Crippen molar-refractivity contribution in [1.29, 1.82) is 0 Å². The number of alkyl halides is 2. The van der Waals surface area contributed by atoms with Crippen molar-refractivity contribution < 1.29 is 42.4 Å². The molecule has 4 aliphatic rings. The first kappa shape index (κ1) is 22.9. The minimum Gasteiger partial charge on any atom is -0.390 e. The van der Waals surface area contributed by atoms with Crippen molar-refractivity contribution in [2.45, 2.75) is 57.5 Å². The van der Waals surface area contributed by atoms with Crippen molar-refractivity contribution in [2.24, 2.45) is 28.6 Å². The Morgan fingerprint density at radius 1 is 1.29 bits per heavy atom. The van der Waals surface area contributed by atoms with Crippen LogP contribution in [0.25, 0.3) is 0 Å². The largest absolute Gasteiger partial charge is 0.470 e. The zero-order valence-electron chi connectivity index (χ0n) is 17.3. The van der Waals surface area contributed by atoms with Crippen LogP contribution in [0.5, 0.6) is 0 Å². The second-order valence-electron chi connectivity index (χ2n) is 9.81. The lowest BCUT2D eigenvalue weighted by Gasteiger charge is -2.62. The number of rotatable bonds is 4. The average molecular weight is 460 g/mol. The Balaban J connectivity index is 1.69. The van der Waals surface area contributed by atoms with Gasteiger partial charge in [-0.25, -0.2) is 13.3 Å². The SMILES string of the molecule is CC12CC(O)[C@@]3(F)C(C[C@H](F)C4=CC(=O)C=CC43C)C1CCC2C(=O)COP(=O)(O)O. The summed E-state index contributed by atoms with van der Waals surface area (Å²) in [6.45, 7) is 2.49. The van der Waals surface area contributed by atoms with Crippen LogP contribution in [0.2, 0.25) is 0 Å². The van der Waals surface area contributed by atoms with Gasteiger partial charge in [0.25, 0.3) is 0 Å². The van der Waals surface area contributed by atoms with Crippen LogP contribution < -0.4 is 0 Å². The number of ketones is 2. The molecule has 0 aromatic heterocycles. The van der Waals surface area contributed by atoms with Crippen molar-refractivity contribution in [3.05, 3.63) is 23.8 Å². The van der Waals surface area contributed by atoms with Gasteiger partial charge in [-0.15, -0.1) is 0 Å². The van der Waals surface area contributed by atoms with E-state index in [9.17, 15) is 19.3 Å². The van der Waals surface area contributed by atoms with Crippen LogP contribution in [0.1, 0.15) is 39.5 Å². The van der Waals surface area contributed by atoms with Crippen LogP contribution in [-0.2, 0) is 18.7 Å². The summed E-state index contributed by atoms with van der Waals surface area (Å²) in [5.74, 6) is -2.91. The summed E-state index contributed by atoms with van der Waals surface area (Å²) in [6, 6.07) is 0. The number of allylic oxidation sites excluding steroid dienone is 4. The standard InChI is InChI=1S/C21H27F2O7P/c1-19-9-18(26)21(23)14(8-16(22)15-7-11(24)5-6-20(15,21)2)12(19)3-4-13(19)17(25)10-30-31(27,28)29/h5-7,12-14,16,18,26H,3-4,8-10H2,1-2H3,(H2,27,28,29)/t12?,13?,14?,16-,18?,19?,20?,21-/m0/s1. The van der Waals surface area contributed by atoms with Gasteiger partial charge in [-0.1, -0.05) is 13.0 Å². The minimum atomic E-state index is -4.82. The summed E-state index contributed by atoms with van der Waals surface area (Å²) in [4.78, 5) is 42.3. The highest BCUT2D eigenvalue weighted by atomic mass is 31.2. The van der Waals surface area contributed by atoms with E-state index < -0.39 is 72.5 Å². The Labute approximate surface area is 178 Å². The van der Waals surface area contributed by atoms with E-state index in [1.54, 1.807) is 6.92 Å². The van der Waals surface area contributed by atoms with Gasteiger partial charge in [0.15, 0.2) is 17.2 Å². The van der Waals surface area contributed by atoms with Crippen molar-refractivity contribution in [3.8, 4) is 0 Å². The minimum absolute atomic E-state index is 0.0436. The van der Waals surface area contributed by atoms with E-state index in [0.29, 0.717) is 12.8 Å². The number of phosphoric acid groups is 1. The van der Waals surface area contributed by atoms with Gasteiger partial charge in [0, 0.05) is 17.3 Å². The number of carbonyl (C=O) groups is 2. The predicted molar refractivity (Wildman–Crippen MR) is 105 cm³/mol. The monoisotopic (exact) mass is 460 g/mol. The summed E-state index contributed by atoms with van der Waals surface area (Å²) in [5.41, 5.74) is -4.50. The number of phosphoric ester groups is 1. The molecule has 6 unspecified atom stereocenters. The summed E-state index contributed by atoms with van der Waals surface area (Å²) < 4.78 is 47.4. The average Bonchev–Trinajstić information content (AvgIpc) is 3.00. The summed E-state index contributed by atoms with van der Waals surface area (Å²) in [6.07, 6.45) is 1.16. The molecule has 4 rings (SSSR count). The molecule has 0 aromatic carbocycles. The third-order valence-electron chi connectivity index (χ3n) is 8.39. The second-order valence-corrected chi connectivity index (χ2v) is 11.0. The summed E-state index contributed by atoms with van der Waals surface area (Å²) in [7, 11) is -4.82. The lowest BCUT2D eigenvalue weighted by molar-refractivity contribution is -0.202. The molecule has 3 saturated carbocycles. The first-order valence-corrected chi connectivity index (χ1v) is 12.0. The van der Waals surface area contributed by atoms with Crippen LogP contribution in [0.3, 0.4) is 0 Å². The van der Waals surface area contributed by atoms with Crippen LogP contribution in [-0.4, -0.2) is 51.0 Å². The van der Waals surface area contributed by atoms with E-state index >= 15 is 8.78 Å². The maximum absolute atomic E-state index is 16.8. The number of carbonyl (C=O) groups excluding carboxylic acids is 2. The zero-order chi connectivity index (χ0) is 23.0. The molecule has 0 aromatic rings. The normalized spacial score (nSPS) is 46.7. The lowest BCUT2D eigenvalue weighted by Crippen LogP contribution is -2.68. The summed E-state index contributed by atoms with van der Waals surface area (Å²) in [5, 5.41) is 11.1. The molecule has 0 heterocycles. The van der Waals surface area contributed by atoms with E-state index in [1.807, 2.05) is 0 Å². The van der Waals surface area contributed by atoms with Gasteiger partial charge in [-0.3, -0.25) is 14.1 Å². The highest BCUT2D eigenvalue weighted by Gasteiger charge is 2.72. The molecule has 0 spiro atoms. The fourth-order valence-corrected chi connectivity index (χ4v) is 7.27. The van der Waals surface area contributed by atoms with Crippen LogP contribution >= 0.6 is 7.82 Å². The molecule has 3 fully saturated rings. The first-order valence-electron chi connectivity index (χ1n) is 10.4. The number of Topliss-reactive ketones (excluding diaryl/α,β-unsaturated/α-hetero) is 1. The molecule has 7 nitrogen and oxygen atoms in total. The molecule has 10 heteroatoms. The number of aliphatic hydroxyl groups is 1. The number of fused-ring (bicyclic) bond motifs is 5. The highest BCUT2D eigenvalue weighted by molar-refractivity contribution is 7.46. The van der Waals surface area contributed by atoms with Gasteiger partial charge in [0.1, 0.15) is 12.8 Å². The van der Waals surface area contributed by atoms with Gasteiger partial charge < -0.3 is 14.9 Å². The lowest BCUT2D eigenvalue weighted by atomic mass is 9.45. The Kier molecular flexibility index (Phi) is 5.27. The number of hydrogen-bond acceptors (Lipinski definition) is 5. The van der Waals surface area contributed by atoms with Crippen molar-refractivity contribution in [3.63, 3.8) is 0 Å². The van der Waals surface area contributed by atoms with Gasteiger partial charge in [-0.2, -0.15) is 0 Å². The van der Waals surface area contributed by atoms with Crippen LogP contribution in [0.4, 0.5) is 8.78 Å². The van der Waals surface area contributed by atoms with E-state index in [0.717, 1.165) is 6.08 Å². The van der Waals surface area contributed by atoms with Crippen molar-refractivity contribution in [2.75, 3.05) is 6.61 Å². The molecule has 8 atom stereocenters. The van der Waals surface area contributed by atoms with E-state index in [1.165, 1.54) is 19.1 Å². The molecule has 0 aliphatic heterocycles. The van der Waals surface area contributed by atoms with Crippen LogP contribution in [0.15, 0.2) is 23.8 Å². The smallest absolute Gasteiger partial charge is 0.390 e. The van der Waals surface area contributed by atoms with E-state index in [-0.39, 0.29) is 18.4 Å². The van der Waals surface area contributed by atoms with Gasteiger partial charge in [0.05, 0.1) is 6.10 Å². The van der Waals surface area contributed by atoms with Crippen molar-refractivity contribution >= 4 is 19.4 Å². The third-order valence-corrected chi connectivity index (χ3v) is 8.85. The molecular formula is C21H27F2O7P. The van der Waals surface area contributed by atoms with E-state index in [4.69, 9.17) is 9.79 Å². The van der Waals surface area contributed by atoms with Gasteiger partial charge in [-0.05, 0) is 61.7 Å². The second kappa shape index (κ2) is 7.12. The molecular weight excluding hydrogens is 433 g/mol. The molecule has 31 heavy (non-hydrogen) atoms. The van der Waals surface area contributed by atoms with Crippen molar-refractivity contribution in [1.82, 2.24) is 0 Å². The molecule has 0 amide bonds. The number of hydrogen-bond donors (Lipinski definition) is 3. The fourth-order valence-electron chi connectivity index (χ4n) is 6.98. The molecule has 0 radical (unpaired) electrons. The maximum Gasteiger partial charge on any atom is 0.470 e. The predicted octanol–water partition coefficient (Wildman–Crippen LogP) is 2.60. The van der Waals surface area contributed by atoms with E-state index in [2.05, 4.69) is 4.52 Å². The fraction of sp³-hybridized carbons (Fsp3) is 0.714. The Hall–Kier alpha value is -1.25. The Morgan fingerprint density at radius 3 is 2.61 bits per heavy atom. The topological polar surface area (TPSA) is 121 Å². The summed E-state index contributed by atoms with van der Waals surface area (Å²) >= 11 is 0. The molecule has 3 N–H and O–H groups in total. The molecule has 0 saturated heterocycles. The highest BCUT2D eigenvalue weighted by Crippen LogP contribution is 2.69. The number of aliphatic hydroxyl groups excluding tert-OH is 1. The Morgan fingerprint density at radius 2 is 1.97 bits per heavy atom. The van der Waals surface area contributed by atoms with Gasteiger partial charge in [0.2, 0.25) is 0 Å².